The van der Waals surface area contributed by atoms with Gasteiger partial charge in [-0.25, -0.2) is 0 Å². The van der Waals surface area contributed by atoms with Gasteiger partial charge in [-0.1, -0.05) is 23.7 Å². The molecule has 2 aromatic rings. The molecule has 1 amide bonds. The highest BCUT2D eigenvalue weighted by atomic mass is 35.5. The van der Waals surface area contributed by atoms with E-state index in [0.717, 1.165) is 61.9 Å². The van der Waals surface area contributed by atoms with E-state index in [0.29, 0.717) is 5.02 Å². The van der Waals surface area contributed by atoms with Gasteiger partial charge in [-0.3, -0.25) is 9.69 Å². The van der Waals surface area contributed by atoms with Gasteiger partial charge in [0.1, 0.15) is 5.75 Å². The third-order valence-electron chi connectivity index (χ3n) is 5.50. The molecule has 0 aromatic heterocycles. The zero-order valence-corrected chi connectivity index (χ0v) is 18.1. The molecule has 29 heavy (non-hydrogen) atoms. The molecular weight excluding hydrogens is 406 g/mol. The predicted molar refractivity (Wildman–Crippen MR) is 121 cm³/mol. The van der Waals surface area contributed by atoms with Crippen molar-refractivity contribution in [1.29, 1.82) is 0 Å². The van der Waals surface area contributed by atoms with Gasteiger partial charge in [-0.05, 0) is 49.7 Å². The fourth-order valence-electron chi connectivity index (χ4n) is 3.91. The smallest absolute Gasteiger partial charge is 0.237 e. The second kappa shape index (κ2) is 9.28. The number of carbonyl (C=O) groups is 1. The van der Waals surface area contributed by atoms with Gasteiger partial charge in [-0.2, -0.15) is 0 Å². The molecule has 154 valence electrons. The van der Waals surface area contributed by atoms with E-state index in [2.05, 4.69) is 27.2 Å². The summed E-state index contributed by atoms with van der Waals surface area (Å²) in [5, 5.41) is 3.67. The van der Waals surface area contributed by atoms with Crippen LogP contribution in [0.25, 0.3) is 0 Å². The standard InChI is InChI=1S/C22H26ClN3O2S/c1-28-19-6-3-2-5-18(19)26-13-11-25(12-14-26)10-4-7-20-22(27)24-17-9-8-16(23)15-21(17)29-20/h2-3,5-6,8-9,15,20H,4,7,10-14H2,1H3,(H,24,27). The first-order valence-corrected chi connectivity index (χ1v) is 11.3. The van der Waals surface area contributed by atoms with Gasteiger partial charge in [0.2, 0.25) is 5.91 Å². The first kappa shape index (κ1) is 20.4. The van der Waals surface area contributed by atoms with Crippen LogP contribution in [0.2, 0.25) is 5.02 Å². The first-order valence-electron chi connectivity index (χ1n) is 10.0. The number of hydrogen-bond donors (Lipinski definition) is 1. The summed E-state index contributed by atoms with van der Waals surface area (Å²) >= 11 is 7.73. The number of piperazine rings is 1. The number of fused-ring (bicyclic) bond motifs is 1. The summed E-state index contributed by atoms with van der Waals surface area (Å²) in [7, 11) is 1.72. The summed E-state index contributed by atoms with van der Waals surface area (Å²) in [6.07, 6.45) is 1.88. The van der Waals surface area contributed by atoms with E-state index < -0.39 is 0 Å². The minimum Gasteiger partial charge on any atom is -0.495 e. The molecule has 0 bridgehead atoms. The highest BCUT2D eigenvalue weighted by Gasteiger charge is 2.27. The summed E-state index contributed by atoms with van der Waals surface area (Å²) in [6, 6.07) is 13.8. The maximum absolute atomic E-state index is 12.4. The predicted octanol–water partition coefficient (Wildman–Crippen LogP) is 4.36. The molecule has 5 nitrogen and oxygen atoms in total. The minimum absolute atomic E-state index is 0.0455. The fourth-order valence-corrected chi connectivity index (χ4v) is 5.35. The number of nitrogens with zero attached hydrogens (tertiary/aromatic N) is 2. The molecule has 1 fully saturated rings. The van der Waals surface area contributed by atoms with Crippen LogP contribution >= 0.6 is 23.4 Å². The van der Waals surface area contributed by atoms with E-state index in [9.17, 15) is 4.79 Å². The molecule has 1 unspecified atom stereocenters. The van der Waals surface area contributed by atoms with Crippen LogP contribution in [0.5, 0.6) is 5.75 Å². The quantitative estimate of drug-likeness (QED) is 0.736. The van der Waals surface area contributed by atoms with Crippen LogP contribution in [0.4, 0.5) is 11.4 Å². The van der Waals surface area contributed by atoms with Gasteiger partial charge >= 0.3 is 0 Å². The third-order valence-corrected chi connectivity index (χ3v) is 7.06. The van der Waals surface area contributed by atoms with Crippen LogP contribution in [-0.2, 0) is 4.79 Å². The second-order valence-corrected chi connectivity index (χ2v) is 9.06. The normalized spacial score (nSPS) is 19.6. The lowest BCUT2D eigenvalue weighted by molar-refractivity contribution is -0.115. The van der Waals surface area contributed by atoms with Crippen LogP contribution in [-0.4, -0.2) is 55.9 Å². The third kappa shape index (κ3) is 4.82. The number of thioether (sulfide) groups is 1. The van der Waals surface area contributed by atoms with E-state index in [4.69, 9.17) is 16.3 Å². The number of nitrogens with one attached hydrogen (secondary N) is 1. The summed E-state index contributed by atoms with van der Waals surface area (Å²) in [4.78, 5) is 18.3. The van der Waals surface area contributed by atoms with Crippen molar-refractivity contribution >= 4 is 40.6 Å². The molecule has 0 saturated carbocycles. The lowest BCUT2D eigenvalue weighted by atomic mass is 10.1. The Hall–Kier alpha value is -1.89. The minimum atomic E-state index is -0.0455. The van der Waals surface area contributed by atoms with Gasteiger partial charge in [0.05, 0.1) is 23.7 Å². The van der Waals surface area contributed by atoms with Crippen LogP contribution < -0.4 is 15.0 Å². The van der Waals surface area contributed by atoms with Crippen LogP contribution in [0.1, 0.15) is 12.8 Å². The highest BCUT2D eigenvalue weighted by molar-refractivity contribution is 8.01. The summed E-state index contributed by atoms with van der Waals surface area (Å²) in [5.74, 6) is 1.03. The van der Waals surface area contributed by atoms with Crippen molar-refractivity contribution < 1.29 is 9.53 Å². The fraction of sp³-hybridized carbons (Fsp3) is 0.409. The zero-order chi connectivity index (χ0) is 20.2. The molecule has 0 radical (unpaired) electrons. The van der Waals surface area contributed by atoms with Gasteiger partial charge in [-0.15, -0.1) is 11.8 Å². The lowest BCUT2D eigenvalue weighted by Gasteiger charge is -2.36. The molecule has 0 spiro atoms. The van der Waals surface area contributed by atoms with Crippen LogP contribution in [0, 0.1) is 0 Å². The number of para-hydroxylation sites is 2. The molecule has 4 rings (SSSR count). The molecule has 7 heteroatoms. The largest absolute Gasteiger partial charge is 0.495 e. The van der Waals surface area contributed by atoms with E-state index in [-0.39, 0.29) is 11.2 Å². The van der Waals surface area contributed by atoms with Crippen LogP contribution in [0.3, 0.4) is 0 Å². The molecule has 2 aliphatic heterocycles. The average Bonchev–Trinajstić information content (AvgIpc) is 2.75. The average molecular weight is 432 g/mol. The Morgan fingerprint density at radius 3 is 2.76 bits per heavy atom. The second-order valence-electron chi connectivity index (χ2n) is 7.38. The molecule has 2 heterocycles. The van der Waals surface area contributed by atoms with Crippen molar-refractivity contribution in [2.75, 3.05) is 50.1 Å². The highest BCUT2D eigenvalue weighted by Crippen LogP contribution is 2.38. The Morgan fingerprint density at radius 1 is 1.17 bits per heavy atom. The van der Waals surface area contributed by atoms with E-state index in [1.54, 1.807) is 18.9 Å². The molecule has 1 atom stereocenters. The number of amides is 1. The van der Waals surface area contributed by atoms with Gasteiger partial charge in [0.15, 0.2) is 0 Å². The van der Waals surface area contributed by atoms with Crippen molar-refractivity contribution in [3.05, 3.63) is 47.5 Å². The van der Waals surface area contributed by atoms with Crippen molar-refractivity contribution in [2.24, 2.45) is 0 Å². The number of hydrogen-bond acceptors (Lipinski definition) is 5. The number of anilines is 2. The Morgan fingerprint density at radius 2 is 1.97 bits per heavy atom. The van der Waals surface area contributed by atoms with E-state index in [1.165, 1.54) is 5.69 Å². The van der Waals surface area contributed by atoms with Crippen LogP contribution in [0.15, 0.2) is 47.4 Å². The van der Waals surface area contributed by atoms with Crippen molar-refractivity contribution in [3.8, 4) is 5.75 Å². The Kier molecular flexibility index (Phi) is 6.53. The van der Waals surface area contributed by atoms with Gasteiger partial charge in [0.25, 0.3) is 0 Å². The van der Waals surface area contributed by atoms with E-state index in [1.807, 2.05) is 30.3 Å². The number of methoxy groups -OCH3 is 1. The number of ether oxygens (including phenoxy) is 1. The topological polar surface area (TPSA) is 44.8 Å². The Bertz CT molecular complexity index is 871. The molecule has 1 N–H and O–H groups in total. The summed E-state index contributed by atoms with van der Waals surface area (Å²) in [5.41, 5.74) is 2.04. The molecule has 0 aliphatic carbocycles. The number of benzene rings is 2. The van der Waals surface area contributed by atoms with E-state index >= 15 is 0 Å². The summed E-state index contributed by atoms with van der Waals surface area (Å²) in [6.45, 7) is 5.06. The zero-order valence-electron chi connectivity index (χ0n) is 16.6. The molecule has 2 aliphatic rings. The maximum atomic E-state index is 12.4. The van der Waals surface area contributed by atoms with Gasteiger partial charge < -0.3 is 15.0 Å². The van der Waals surface area contributed by atoms with Crippen molar-refractivity contribution in [3.63, 3.8) is 0 Å². The number of carbonyl (C=O) groups excluding carboxylic acids is 1. The maximum Gasteiger partial charge on any atom is 0.237 e. The molecule has 2 aromatic carbocycles. The SMILES string of the molecule is COc1ccccc1N1CCN(CCCC2Sc3cc(Cl)ccc3NC2=O)CC1. The molecular formula is C22H26ClN3O2S. The number of rotatable bonds is 6. The Balaban J connectivity index is 1.24. The van der Waals surface area contributed by atoms with Crippen molar-refractivity contribution in [1.82, 2.24) is 4.90 Å². The molecule has 1 saturated heterocycles. The summed E-state index contributed by atoms with van der Waals surface area (Å²) < 4.78 is 5.50. The Labute approximate surface area is 181 Å². The lowest BCUT2D eigenvalue weighted by Crippen LogP contribution is -2.46. The monoisotopic (exact) mass is 431 g/mol. The number of halogens is 1. The van der Waals surface area contributed by atoms with Crippen molar-refractivity contribution in [2.45, 2.75) is 23.0 Å². The first-order chi connectivity index (χ1) is 14.1. The van der Waals surface area contributed by atoms with Gasteiger partial charge in [0, 0.05) is 36.1 Å².